The van der Waals surface area contributed by atoms with Crippen molar-refractivity contribution >= 4 is 39.1 Å². The molecule has 0 fully saturated rings. The maximum absolute atomic E-state index is 14.7. The van der Waals surface area contributed by atoms with Gasteiger partial charge >= 0.3 is 0 Å². The molecule has 2 aliphatic heterocycles. The van der Waals surface area contributed by atoms with Gasteiger partial charge in [0.05, 0.1) is 23.1 Å². The maximum Gasteiger partial charge on any atom is 0.294 e. The van der Waals surface area contributed by atoms with E-state index in [4.69, 9.17) is 26.8 Å². The van der Waals surface area contributed by atoms with Crippen molar-refractivity contribution in [2.75, 3.05) is 17.8 Å². The van der Waals surface area contributed by atoms with Gasteiger partial charge < -0.3 is 20.5 Å². The average molecular weight is 516 g/mol. The van der Waals surface area contributed by atoms with Crippen LogP contribution in [-0.4, -0.2) is 40.0 Å². The molecule has 8 nitrogen and oxygen atoms in total. The summed E-state index contributed by atoms with van der Waals surface area (Å²) in [7, 11) is 1.30. The van der Waals surface area contributed by atoms with E-state index < -0.39 is 23.6 Å². The molecule has 1 aromatic carbocycles. The Kier molecular flexibility index (Phi) is 7.43. The molecular formula is C20H21BrClFN4O4. The van der Waals surface area contributed by atoms with Crippen LogP contribution in [0.15, 0.2) is 16.9 Å². The van der Waals surface area contributed by atoms with Gasteiger partial charge in [0, 0.05) is 31.3 Å². The summed E-state index contributed by atoms with van der Waals surface area (Å²) >= 11 is 9.49. The molecule has 1 aromatic heterocycles. The third-order valence-electron chi connectivity index (χ3n) is 4.79. The molecule has 31 heavy (non-hydrogen) atoms. The number of alkyl halides is 1. The Morgan fingerprint density at radius 2 is 2.16 bits per heavy atom. The van der Waals surface area contributed by atoms with Crippen LogP contribution in [0, 0.1) is 17.7 Å². The highest BCUT2D eigenvalue weighted by molar-refractivity contribution is 9.09. The number of nitrogens with one attached hydrogen (secondary N) is 1. The number of carbonyl (C=O) groups is 1. The van der Waals surface area contributed by atoms with Crippen LogP contribution in [0.2, 0.25) is 5.15 Å². The topological polar surface area (TPSA) is 101 Å². The van der Waals surface area contributed by atoms with Crippen molar-refractivity contribution < 1.29 is 18.7 Å². The molecule has 0 saturated heterocycles. The Morgan fingerprint density at radius 1 is 1.42 bits per heavy atom. The smallest absolute Gasteiger partial charge is 0.294 e. The Bertz CT molecular complexity index is 1120. The fourth-order valence-electron chi connectivity index (χ4n) is 3.31. The van der Waals surface area contributed by atoms with E-state index in [1.54, 1.807) is 4.68 Å². The van der Waals surface area contributed by atoms with Gasteiger partial charge in [-0.05, 0) is 19.4 Å². The molecule has 11 heteroatoms. The van der Waals surface area contributed by atoms with E-state index in [1.165, 1.54) is 17.9 Å². The minimum atomic E-state index is -1.16. The van der Waals surface area contributed by atoms with Crippen LogP contribution in [-0.2, 0) is 22.6 Å². The van der Waals surface area contributed by atoms with Crippen LogP contribution in [0.25, 0.3) is 11.1 Å². The number of amides is 1. The molecule has 4 rings (SSSR count). The lowest BCUT2D eigenvalue weighted by molar-refractivity contribution is -0.143. The summed E-state index contributed by atoms with van der Waals surface area (Å²) in [4.78, 5) is 24.6. The van der Waals surface area contributed by atoms with Crippen molar-refractivity contribution in [2.24, 2.45) is 5.73 Å². The first-order valence-corrected chi connectivity index (χ1v) is 10.9. The number of anilines is 1. The number of halogens is 3. The van der Waals surface area contributed by atoms with E-state index in [2.05, 4.69) is 33.1 Å². The number of nitrogens with zero attached hydrogens (tertiary/aromatic N) is 2. The second kappa shape index (κ2) is 9.87. The summed E-state index contributed by atoms with van der Waals surface area (Å²) in [6.07, 6.45) is -0.493. The lowest BCUT2D eigenvalue weighted by Gasteiger charge is -2.25. The molecule has 0 bridgehead atoms. The summed E-state index contributed by atoms with van der Waals surface area (Å²) in [5.74, 6) is 4.39. The zero-order valence-corrected chi connectivity index (χ0v) is 19.2. The van der Waals surface area contributed by atoms with Crippen molar-refractivity contribution in [3.8, 4) is 28.7 Å². The third-order valence-corrected chi connectivity index (χ3v) is 5.46. The predicted molar refractivity (Wildman–Crippen MR) is 119 cm³/mol. The van der Waals surface area contributed by atoms with Crippen LogP contribution >= 0.6 is 27.5 Å². The van der Waals surface area contributed by atoms with Gasteiger partial charge in [-0.15, -0.1) is 5.92 Å². The fraction of sp³-hybridized carbons (Fsp3) is 0.400. The first-order valence-electron chi connectivity index (χ1n) is 9.36. The molecule has 2 aromatic rings. The van der Waals surface area contributed by atoms with Gasteiger partial charge in [-0.25, -0.2) is 9.07 Å². The van der Waals surface area contributed by atoms with Crippen molar-refractivity contribution in [2.45, 2.75) is 38.8 Å². The van der Waals surface area contributed by atoms with Crippen molar-refractivity contribution in [1.82, 2.24) is 9.36 Å². The highest BCUT2D eigenvalue weighted by atomic mass is 79.9. The Hall–Kier alpha value is -2.32. The summed E-state index contributed by atoms with van der Waals surface area (Å²) < 4.78 is 27.9. The minimum absolute atomic E-state index is 0.0125. The fourth-order valence-corrected chi connectivity index (χ4v) is 3.95. The quantitative estimate of drug-likeness (QED) is 0.473. The number of fused-ring (bicyclic) bond motifs is 2. The first-order chi connectivity index (χ1) is 14.8. The molecular weight excluding hydrogens is 495 g/mol. The number of carbonyl (C=O) groups excluding carboxylic acids is 1. The number of rotatable bonds is 2. The maximum atomic E-state index is 14.7. The zero-order valence-electron chi connectivity index (χ0n) is 16.9. The summed E-state index contributed by atoms with van der Waals surface area (Å²) in [5, 5.41) is 3.50. The summed E-state index contributed by atoms with van der Waals surface area (Å²) in [6.45, 7) is 2.60. The van der Waals surface area contributed by atoms with Crippen LogP contribution in [0.1, 0.15) is 13.3 Å². The van der Waals surface area contributed by atoms with E-state index in [0.717, 1.165) is 11.4 Å². The van der Waals surface area contributed by atoms with Gasteiger partial charge in [0.25, 0.3) is 17.8 Å². The summed E-state index contributed by atoms with van der Waals surface area (Å²) in [5.41, 5.74) is 5.74. The van der Waals surface area contributed by atoms with E-state index >= 15 is 0 Å². The minimum Gasteiger partial charge on any atom is -0.453 e. The van der Waals surface area contributed by atoms with Crippen LogP contribution in [0.4, 0.5) is 10.1 Å². The van der Waals surface area contributed by atoms with Crippen molar-refractivity contribution in [1.29, 1.82) is 0 Å². The van der Waals surface area contributed by atoms with E-state index in [0.29, 0.717) is 19.5 Å². The first kappa shape index (κ1) is 23.3. The van der Waals surface area contributed by atoms with Gasteiger partial charge in [-0.1, -0.05) is 33.5 Å². The second-order valence-corrected chi connectivity index (χ2v) is 7.71. The van der Waals surface area contributed by atoms with E-state index in [-0.39, 0.29) is 33.8 Å². The Balaban J connectivity index is 0.000000491. The monoisotopic (exact) mass is 514 g/mol. The highest BCUT2D eigenvalue weighted by Crippen LogP contribution is 2.38. The Labute approximate surface area is 191 Å². The molecule has 1 amide bonds. The number of hydrogen-bond acceptors (Lipinski definition) is 5. The molecule has 2 aliphatic rings. The average Bonchev–Trinajstić information content (AvgIpc) is 2.98. The molecule has 166 valence electrons. The normalized spacial score (nSPS) is 19.0. The molecule has 3 heterocycles. The van der Waals surface area contributed by atoms with Gasteiger partial charge in [0.1, 0.15) is 16.7 Å². The van der Waals surface area contributed by atoms with Crippen LogP contribution in [0.5, 0.6) is 5.75 Å². The van der Waals surface area contributed by atoms with Gasteiger partial charge in [-0.3, -0.25) is 14.3 Å². The van der Waals surface area contributed by atoms with Gasteiger partial charge in [-0.2, -0.15) is 0 Å². The van der Waals surface area contributed by atoms with E-state index in [1.807, 2.05) is 6.92 Å². The van der Waals surface area contributed by atoms with Gasteiger partial charge in [0.15, 0.2) is 0 Å². The Morgan fingerprint density at radius 3 is 2.77 bits per heavy atom. The molecule has 0 spiro atoms. The standard InChI is InChI=1S/C16H16ClFN4O4.C4H5Br/c1-25-16-14(23)20-10-4-8(9(18)5-11(10)26-16)12-13(17)21-3-2-7(19)6-22(21)15(12)24;1-2-3-4-5/h4-5,7,16H,2-3,6,19H2,1H3,(H,20,23);4H2,1H3. The SMILES string of the molecule is CC#CCBr.COC1Oc2cc(F)c(-c3c(Cl)n4n(c3=O)CC(N)CC4)cc2NC1=O. The molecule has 2 atom stereocenters. The number of hydrogen-bond donors (Lipinski definition) is 2. The van der Waals surface area contributed by atoms with Crippen molar-refractivity contribution in [3.63, 3.8) is 0 Å². The molecule has 0 radical (unpaired) electrons. The van der Waals surface area contributed by atoms with Gasteiger partial charge in [0.2, 0.25) is 0 Å². The molecule has 0 aliphatic carbocycles. The van der Waals surface area contributed by atoms with Crippen LogP contribution in [0.3, 0.4) is 0 Å². The lowest BCUT2D eigenvalue weighted by atomic mass is 10.1. The predicted octanol–water partition coefficient (Wildman–Crippen LogP) is 2.55. The summed E-state index contributed by atoms with van der Waals surface area (Å²) in [6, 6.07) is 2.27. The number of aromatic nitrogens is 2. The molecule has 0 saturated carbocycles. The van der Waals surface area contributed by atoms with E-state index in [9.17, 15) is 14.0 Å². The molecule has 2 unspecified atom stereocenters. The number of nitrogens with two attached hydrogens (primary N) is 1. The largest absolute Gasteiger partial charge is 0.453 e. The lowest BCUT2D eigenvalue weighted by Crippen LogP contribution is -2.39. The number of ether oxygens (including phenoxy) is 2. The molecule has 3 N–H and O–H groups in total. The number of methoxy groups -OCH3 is 1. The number of benzene rings is 1. The van der Waals surface area contributed by atoms with Crippen molar-refractivity contribution in [3.05, 3.63) is 33.5 Å². The third kappa shape index (κ3) is 4.65. The zero-order chi connectivity index (χ0) is 22.7. The second-order valence-electron chi connectivity index (χ2n) is 6.79. The van der Waals surface area contributed by atoms with Crippen LogP contribution < -0.4 is 21.3 Å². The highest BCUT2D eigenvalue weighted by Gasteiger charge is 2.31.